The minimum Gasteiger partial charge on any atom is -0.381 e. The topological polar surface area (TPSA) is 90.5 Å². The van der Waals surface area contributed by atoms with Gasteiger partial charge in [0.15, 0.2) is 0 Å². The van der Waals surface area contributed by atoms with Crippen LogP contribution in [-0.2, 0) is 29.2 Å². The predicted octanol–water partition coefficient (Wildman–Crippen LogP) is 1.78. The summed E-state index contributed by atoms with van der Waals surface area (Å²) in [6, 6.07) is 13.4. The highest BCUT2D eigenvalue weighted by atomic mass is 16.2. The van der Waals surface area contributed by atoms with Gasteiger partial charge in [-0.1, -0.05) is 30.3 Å². The van der Waals surface area contributed by atoms with Crippen molar-refractivity contribution < 1.29 is 14.4 Å². The molecule has 0 saturated carbocycles. The molecule has 7 heteroatoms. The van der Waals surface area contributed by atoms with E-state index in [4.69, 9.17) is 0 Å². The minimum atomic E-state index is -0.581. The monoisotopic (exact) mass is 392 g/mol. The van der Waals surface area contributed by atoms with Crippen LogP contribution in [0.3, 0.4) is 0 Å². The van der Waals surface area contributed by atoms with E-state index in [1.165, 1.54) is 5.56 Å². The van der Waals surface area contributed by atoms with E-state index in [9.17, 15) is 14.4 Å². The van der Waals surface area contributed by atoms with Gasteiger partial charge in [0, 0.05) is 37.3 Å². The Morgan fingerprint density at radius 1 is 1.10 bits per heavy atom. The summed E-state index contributed by atoms with van der Waals surface area (Å²) in [4.78, 5) is 38.0. The van der Waals surface area contributed by atoms with Crippen LogP contribution in [0.1, 0.15) is 39.9 Å². The van der Waals surface area contributed by atoms with Crippen LogP contribution < -0.4 is 16.0 Å². The molecule has 0 radical (unpaired) electrons. The summed E-state index contributed by atoms with van der Waals surface area (Å²) in [5.41, 5.74) is 4.79. The van der Waals surface area contributed by atoms with Gasteiger partial charge < -0.3 is 15.5 Å². The molecular weight excluding hydrogens is 368 g/mol. The molecule has 0 spiro atoms. The molecule has 1 fully saturated rings. The molecule has 4 rings (SSSR count). The Kier molecular flexibility index (Phi) is 5.31. The number of imide groups is 1. The summed E-state index contributed by atoms with van der Waals surface area (Å²) < 4.78 is 0. The van der Waals surface area contributed by atoms with E-state index in [1.807, 2.05) is 43.4 Å². The third-order valence-corrected chi connectivity index (χ3v) is 5.46. The highest BCUT2D eigenvalue weighted by molar-refractivity contribution is 6.05. The first-order valence-corrected chi connectivity index (χ1v) is 9.79. The second-order valence-electron chi connectivity index (χ2n) is 7.43. The van der Waals surface area contributed by atoms with Gasteiger partial charge in [-0.3, -0.25) is 19.7 Å². The molecule has 1 unspecified atom stereocenters. The number of hydrogen-bond acceptors (Lipinski definition) is 5. The van der Waals surface area contributed by atoms with Gasteiger partial charge in [-0.15, -0.1) is 0 Å². The van der Waals surface area contributed by atoms with Gasteiger partial charge in [0.1, 0.15) is 6.04 Å². The normalized spacial score (nSPS) is 18.6. The maximum atomic E-state index is 12.9. The number of benzene rings is 2. The van der Waals surface area contributed by atoms with Crippen LogP contribution >= 0.6 is 0 Å². The molecule has 2 aliphatic rings. The van der Waals surface area contributed by atoms with E-state index in [-0.39, 0.29) is 24.1 Å². The molecule has 150 valence electrons. The average molecular weight is 392 g/mol. The second-order valence-corrected chi connectivity index (χ2v) is 7.43. The zero-order valence-electron chi connectivity index (χ0n) is 16.3. The highest BCUT2D eigenvalue weighted by Gasteiger charge is 2.39. The van der Waals surface area contributed by atoms with E-state index in [2.05, 4.69) is 22.0 Å². The van der Waals surface area contributed by atoms with Crippen LogP contribution in [0.15, 0.2) is 42.5 Å². The van der Waals surface area contributed by atoms with E-state index >= 15 is 0 Å². The third-order valence-electron chi connectivity index (χ3n) is 5.46. The lowest BCUT2D eigenvalue weighted by Crippen LogP contribution is -2.52. The van der Waals surface area contributed by atoms with Crippen LogP contribution in [0, 0.1) is 0 Å². The summed E-state index contributed by atoms with van der Waals surface area (Å²) in [7, 11) is 1.91. The van der Waals surface area contributed by atoms with Crippen molar-refractivity contribution in [1.82, 2.24) is 15.5 Å². The molecule has 0 aliphatic carbocycles. The SMILES string of the molecule is CNCc1ccccc1NCc1ccc2c(c1)C(=O)N(C1CCC(=O)NC1=O)C2. The number of fused-ring (bicyclic) bond motifs is 1. The van der Waals surface area contributed by atoms with Gasteiger partial charge in [-0.25, -0.2) is 0 Å². The number of anilines is 1. The Hall–Kier alpha value is -3.19. The highest BCUT2D eigenvalue weighted by Crippen LogP contribution is 2.28. The number of carbonyl (C=O) groups is 3. The first-order valence-electron chi connectivity index (χ1n) is 9.79. The molecule has 2 heterocycles. The van der Waals surface area contributed by atoms with Gasteiger partial charge in [0.05, 0.1) is 0 Å². The molecule has 0 bridgehead atoms. The Bertz CT molecular complexity index is 972. The standard InChI is InChI=1S/C22H24N4O3/c1-23-12-15-4-2-3-5-18(15)24-11-14-6-7-16-13-26(22(29)17(16)10-14)19-8-9-20(27)25-21(19)28/h2-7,10,19,23-24H,8-9,11-13H2,1H3,(H,25,27,28). The van der Waals surface area contributed by atoms with Crippen LogP contribution in [0.2, 0.25) is 0 Å². The minimum absolute atomic E-state index is 0.146. The Balaban J connectivity index is 1.47. The molecule has 0 aromatic heterocycles. The van der Waals surface area contributed by atoms with Crippen LogP contribution in [0.4, 0.5) is 5.69 Å². The lowest BCUT2D eigenvalue weighted by Gasteiger charge is -2.29. The van der Waals surface area contributed by atoms with Crippen molar-refractivity contribution in [3.8, 4) is 0 Å². The fourth-order valence-corrected chi connectivity index (χ4v) is 3.95. The quantitative estimate of drug-likeness (QED) is 0.652. The average Bonchev–Trinajstić information content (AvgIpc) is 3.03. The molecule has 2 aromatic carbocycles. The maximum Gasteiger partial charge on any atom is 0.255 e. The van der Waals surface area contributed by atoms with Gasteiger partial charge in [-0.2, -0.15) is 0 Å². The zero-order valence-corrected chi connectivity index (χ0v) is 16.3. The van der Waals surface area contributed by atoms with E-state index < -0.39 is 6.04 Å². The molecule has 1 atom stereocenters. The lowest BCUT2D eigenvalue weighted by molar-refractivity contribution is -0.136. The summed E-state index contributed by atoms with van der Waals surface area (Å²) in [6.45, 7) is 1.77. The van der Waals surface area contributed by atoms with Crippen LogP contribution in [-0.4, -0.2) is 35.7 Å². The van der Waals surface area contributed by atoms with Gasteiger partial charge in [-0.05, 0) is 42.3 Å². The Morgan fingerprint density at radius 3 is 2.72 bits per heavy atom. The van der Waals surface area contributed by atoms with Crippen molar-refractivity contribution in [3.05, 3.63) is 64.7 Å². The summed E-state index contributed by atoms with van der Waals surface area (Å²) in [5.74, 6) is -0.806. The van der Waals surface area contributed by atoms with Crippen molar-refractivity contribution in [2.24, 2.45) is 0 Å². The van der Waals surface area contributed by atoms with Crippen molar-refractivity contribution in [2.45, 2.75) is 38.5 Å². The fraction of sp³-hybridized carbons (Fsp3) is 0.318. The first-order chi connectivity index (χ1) is 14.1. The number of rotatable bonds is 6. The number of nitrogens with zero attached hydrogens (tertiary/aromatic N) is 1. The smallest absolute Gasteiger partial charge is 0.255 e. The van der Waals surface area contributed by atoms with Crippen molar-refractivity contribution >= 4 is 23.4 Å². The van der Waals surface area contributed by atoms with Crippen molar-refractivity contribution in [2.75, 3.05) is 12.4 Å². The second kappa shape index (κ2) is 8.05. The summed E-state index contributed by atoms with van der Waals surface area (Å²) in [5, 5.41) is 8.93. The molecular formula is C22H24N4O3. The summed E-state index contributed by atoms with van der Waals surface area (Å²) >= 11 is 0. The van der Waals surface area contributed by atoms with Crippen molar-refractivity contribution in [3.63, 3.8) is 0 Å². The van der Waals surface area contributed by atoms with Gasteiger partial charge in [0.25, 0.3) is 5.91 Å². The molecule has 29 heavy (non-hydrogen) atoms. The molecule has 7 nitrogen and oxygen atoms in total. The fourth-order valence-electron chi connectivity index (χ4n) is 3.95. The first kappa shape index (κ1) is 19.1. The number of para-hydroxylation sites is 1. The number of piperidine rings is 1. The number of carbonyl (C=O) groups excluding carboxylic acids is 3. The molecule has 2 aliphatic heterocycles. The Labute approximate surface area is 169 Å². The third kappa shape index (κ3) is 3.86. The predicted molar refractivity (Wildman–Crippen MR) is 109 cm³/mol. The van der Waals surface area contributed by atoms with Gasteiger partial charge >= 0.3 is 0 Å². The zero-order chi connectivity index (χ0) is 20.4. The number of amides is 3. The Morgan fingerprint density at radius 2 is 1.93 bits per heavy atom. The maximum absolute atomic E-state index is 12.9. The van der Waals surface area contributed by atoms with E-state index in [0.29, 0.717) is 25.1 Å². The van der Waals surface area contributed by atoms with Crippen LogP contribution in [0.25, 0.3) is 0 Å². The lowest BCUT2D eigenvalue weighted by atomic mass is 10.0. The van der Waals surface area contributed by atoms with Gasteiger partial charge in [0.2, 0.25) is 11.8 Å². The van der Waals surface area contributed by atoms with Crippen molar-refractivity contribution in [1.29, 1.82) is 0 Å². The molecule has 1 saturated heterocycles. The number of hydrogen-bond donors (Lipinski definition) is 3. The molecule has 2 aromatic rings. The molecule has 3 amide bonds. The van der Waals surface area contributed by atoms with E-state index in [1.54, 1.807) is 4.90 Å². The molecule has 3 N–H and O–H groups in total. The van der Waals surface area contributed by atoms with Crippen LogP contribution in [0.5, 0.6) is 0 Å². The largest absolute Gasteiger partial charge is 0.381 e. The van der Waals surface area contributed by atoms with E-state index in [0.717, 1.165) is 23.4 Å². The summed E-state index contributed by atoms with van der Waals surface area (Å²) in [6.07, 6.45) is 0.638. The number of nitrogens with one attached hydrogen (secondary N) is 3.